The minimum absolute atomic E-state index is 0.360. The highest BCUT2D eigenvalue weighted by molar-refractivity contribution is 5.69. The third-order valence-corrected chi connectivity index (χ3v) is 1.82. The van der Waals surface area contributed by atoms with E-state index >= 15 is 0 Å². The second-order valence-electron chi connectivity index (χ2n) is 2.86. The van der Waals surface area contributed by atoms with E-state index in [1.165, 1.54) is 6.33 Å². The van der Waals surface area contributed by atoms with Crippen LogP contribution in [0.25, 0.3) is 11.4 Å². The number of anilines is 1. The molecule has 0 aromatic carbocycles. The maximum Gasteiger partial charge on any atom is 0.223 e. The van der Waals surface area contributed by atoms with Gasteiger partial charge in [-0.2, -0.15) is 4.98 Å². The minimum Gasteiger partial charge on any atom is -0.383 e. The first-order valence-electron chi connectivity index (χ1n) is 4.06. The van der Waals surface area contributed by atoms with Crippen molar-refractivity contribution in [1.29, 1.82) is 0 Å². The van der Waals surface area contributed by atoms with E-state index in [1.54, 1.807) is 6.92 Å². The van der Waals surface area contributed by atoms with Gasteiger partial charge in [-0.1, -0.05) is 5.16 Å². The van der Waals surface area contributed by atoms with Gasteiger partial charge in [-0.3, -0.25) is 0 Å². The van der Waals surface area contributed by atoms with Gasteiger partial charge in [0.15, 0.2) is 0 Å². The Bertz CT molecular complexity index is 444. The van der Waals surface area contributed by atoms with E-state index in [0.29, 0.717) is 23.1 Å². The fraction of sp³-hybridized carbons (Fsp3) is 0.250. The molecule has 2 rings (SSSR count). The van der Waals surface area contributed by atoms with Crippen molar-refractivity contribution in [2.45, 2.75) is 13.8 Å². The summed E-state index contributed by atoms with van der Waals surface area (Å²) in [6.45, 7) is 3.53. The molecular formula is C8H9N5O. The van der Waals surface area contributed by atoms with Gasteiger partial charge in [-0.05, 0) is 6.92 Å². The zero-order valence-electron chi connectivity index (χ0n) is 7.85. The van der Waals surface area contributed by atoms with Crippen LogP contribution in [0.3, 0.4) is 0 Å². The molecular weight excluding hydrogens is 182 g/mol. The van der Waals surface area contributed by atoms with Crippen LogP contribution in [0.1, 0.15) is 11.6 Å². The van der Waals surface area contributed by atoms with Crippen LogP contribution in [-0.4, -0.2) is 20.1 Å². The third kappa shape index (κ3) is 1.30. The van der Waals surface area contributed by atoms with Crippen LogP contribution < -0.4 is 5.73 Å². The number of nitrogens with zero attached hydrogens (tertiary/aromatic N) is 4. The molecule has 0 aliphatic rings. The number of nitrogen functional groups attached to an aromatic ring is 1. The second-order valence-corrected chi connectivity index (χ2v) is 2.86. The first-order chi connectivity index (χ1) is 6.68. The lowest BCUT2D eigenvalue weighted by atomic mass is 10.2. The largest absolute Gasteiger partial charge is 0.383 e. The van der Waals surface area contributed by atoms with Crippen LogP contribution in [0, 0.1) is 13.8 Å². The molecule has 0 aliphatic heterocycles. The molecule has 0 radical (unpaired) electrons. The summed E-state index contributed by atoms with van der Waals surface area (Å²) in [5, 5.41) is 3.76. The quantitative estimate of drug-likeness (QED) is 0.714. The summed E-state index contributed by atoms with van der Waals surface area (Å²) in [5.41, 5.74) is 7.05. The van der Waals surface area contributed by atoms with Crippen molar-refractivity contribution in [2.24, 2.45) is 0 Å². The van der Waals surface area contributed by atoms with Gasteiger partial charge in [0.25, 0.3) is 0 Å². The van der Waals surface area contributed by atoms with E-state index in [-0.39, 0.29) is 0 Å². The Labute approximate surface area is 80.2 Å². The summed E-state index contributed by atoms with van der Waals surface area (Å²) in [6.07, 6.45) is 1.40. The fourth-order valence-corrected chi connectivity index (χ4v) is 1.17. The number of rotatable bonds is 1. The normalized spacial score (nSPS) is 10.4. The molecule has 6 heteroatoms. The molecule has 0 aliphatic carbocycles. The molecule has 0 fully saturated rings. The molecule has 0 unspecified atom stereocenters. The Hall–Kier alpha value is -1.98. The molecule has 2 aromatic heterocycles. The summed E-state index contributed by atoms with van der Waals surface area (Å²) in [7, 11) is 0. The van der Waals surface area contributed by atoms with Crippen molar-refractivity contribution in [3.63, 3.8) is 0 Å². The molecule has 0 amide bonds. The summed E-state index contributed by atoms with van der Waals surface area (Å²) < 4.78 is 4.86. The Morgan fingerprint density at radius 1 is 1.29 bits per heavy atom. The lowest BCUT2D eigenvalue weighted by Gasteiger charge is -2.01. The molecule has 0 saturated heterocycles. The van der Waals surface area contributed by atoms with E-state index in [9.17, 15) is 0 Å². The smallest absolute Gasteiger partial charge is 0.223 e. The average molecular weight is 191 g/mol. The first kappa shape index (κ1) is 8.61. The van der Waals surface area contributed by atoms with Crippen LogP contribution in [0.5, 0.6) is 0 Å². The van der Waals surface area contributed by atoms with Crippen molar-refractivity contribution in [1.82, 2.24) is 20.1 Å². The van der Waals surface area contributed by atoms with E-state index in [4.69, 9.17) is 10.3 Å². The summed E-state index contributed by atoms with van der Waals surface area (Å²) in [5.74, 6) is 1.28. The lowest BCUT2D eigenvalue weighted by Crippen LogP contribution is -1.99. The second kappa shape index (κ2) is 3.06. The molecule has 6 nitrogen and oxygen atoms in total. The van der Waals surface area contributed by atoms with Crippen molar-refractivity contribution >= 4 is 5.82 Å². The molecule has 0 saturated carbocycles. The molecule has 2 heterocycles. The van der Waals surface area contributed by atoms with Crippen LogP contribution in [0.2, 0.25) is 0 Å². The predicted molar refractivity (Wildman–Crippen MR) is 49.2 cm³/mol. The zero-order chi connectivity index (χ0) is 10.1. The monoisotopic (exact) mass is 191 g/mol. The highest BCUT2D eigenvalue weighted by Gasteiger charge is 2.13. The number of nitrogens with two attached hydrogens (primary N) is 1. The molecule has 0 spiro atoms. The van der Waals surface area contributed by atoms with Gasteiger partial charge in [0, 0.05) is 6.92 Å². The summed E-state index contributed by atoms with van der Waals surface area (Å²) in [4.78, 5) is 11.9. The summed E-state index contributed by atoms with van der Waals surface area (Å²) in [6, 6.07) is 0. The lowest BCUT2D eigenvalue weighted by molar-refractivity contribution is 0.394. The Morgan fingerprint density at radius 3 is 2.64 bits per heavy atom. The highest BCUT2D eigenvalue weighted by Crippen LogP contribution is 2.22. The van der Waals surface area contributed by atoms with Crippen LogP contribution >= 0.6 is 0 Å². The molecule has 0 atom stereocenters. The molecule has 2 N–H and O–H groups in total. The highest BCUT2D eigenvalue weighted by atomic mass is 16.5. The number of hydrogen-bond donors (Lipinski definition) is 1. The van der Waals surface area contributed by atoms with Crippen LogP contribution in [0.15, 0.2) is 10.9 Å². The third-order valence-electron chi connectivity index (χ3n) is 1.82. The van der Waals surface area contributed by atoms with Crippen molar-refractivity contribution in [2.75, 3.05) is 5.73 Å². The average Bonchev–Trinajstić information content (AvgIpc) is 2.51. The standard InChI is InChI=1S/C8H9N5O/c1-4-6(7(9)11-3-10-4)8-12-5(2)14-13-8/h3H,1-2H3,(H2,9,10,11). The van der Waals surface area contributed by atoms with E-state index in [2.05, 4.69) is 20.1 Å². The van der Waals surface area contributed by atoms with E-state index in [1.807, 2.05) is 6.92 Å². The maximum atomic E-state index is 5.69. The van der Waals surface area contributed by atoms with Gasteiger partial charge < -0.3 is 10.3 Å². The molecule has 0 bridgehead atoms. The van der Waals surface area contributed by atoms with E-state index < -0.39 is 0 Å². The Balaban J connectivity index is 2.61. The zero-order valence-corrected chi connectivity index (χ0v) is 7.85. The van der Waals surface area contributed by atoms with Crippen molar-refractivity contribution < 1.29 is 4.52 Å². The number of aromatic nitrogens is 4. The van der Waals surface area contributed by atoms with Crippen LogP contribution in [0.4, 0.5) is 5.82 Å². The SMILES string of the molecule is Cc1nc(-c2c(C)ncnc2N)no1. The van der Waals surface area contributed by atoms with E-state index in [0.717, 1.165) is 5.69 Å². The van der Waals surface area contributed by atoms with Gasteiger partial charge in [0.2, 0.25) is 11.7 Å². The summed E-state index contributed by atoms with van der Waals surface area (Å²) >= 11 is 0. The Kier molecular flexibility index (Phi) is 1.88. The minimum atomic E-state index is 0.360. The van der Waals surface area contributed by atoms with Gasteiger partial charge in [-0.25, -0.2) is 9.97 Å². The maximum absolute atomic E-state index is 5.69. The van der Waals surface area contributed by atoms with Crippen molar-refractivity contribution in [3.8, 4) is 11.4 Å². The first-order valence-corrected chi connectivity index (χ1v) is 4.06. The number of aryl methyl sites for hydroxylation is 2. The fourth-order valence-electron chi connectivity index (χ4n) is 1.17. The van der Waals surface area contributed by atoms with Gasteiger partial charge in [-0.15, -0.1) is 0 Å². The molecule has 14 heavy (non-hydrogen) atoms. The molecule has 2 aromatic rings. The van der Waals surface area contributed by atoms with Gasteiger partial charge in [0.05, 0.1) is 11.3 Å². The van der Waals surface area contributed by atoms with Crippen molar-refractivity contribution in [3.05, 3.63) is 17.9 Å². The Morgan fingerprint density at radius 2 is 2.07 bits per heavy atom. The number of hydrogen-bond acceptors (Lipinski definition) is 6. The van der Waals surface area contributed by atoms with Gasteiger partial charge in [0.1, 0.15) is 12.1 Å². The van der Waals surface area contributed by atoms with Crippen LogP contribution in [-0.2, 0) is 0 Å². The van der Waals surface area contributed by atoms with Gasteiger partial charge >= 0.3 is 0 Å². The topological polar surface area (TPSA) is 90.7 Å². The molecule has 72 valence electrons. The predicted octanol–water partition coefficient (Wildman–Crippen LogP) is 0.726.